The zero-order valence-electron chi connectivity index (χ0n) is 13.6. The van der Waals surface area contributed by atoms with Crippen LogP contribution >= 0.6 is 0 Å². The van der Waals surface area contributed by atoms with E-state index in [9.17, 15) is 10.4 Å². The van der Waals surface area contributed by atoms with E-state index < -0.39 is 12.0 Å². The number of hydrogen-bond donors (Lipinski definition) is 1. The Bertz CT molecular complexity index is 1080. The third kappa shape index (κ3) is 2.65. The molecule has 0 amide bonds. The number of fused-ring (bicyclic) bond motifs is 2. The van der Waals surface area contributed by atoms with Crippen LogP contribution in [0.1, 0.15) is 23.1 Å². The van der Waals surface area contributed by atoms with E-state index in [0.29, 0.717) is 0 Å². The number of aliphatic hydroxyl groups excluding tert-OH is 1. The normalized spacial score (nSPS) is 13.4. The van der Waals surface area contributed by atoms with Crippen molar-refractivity contribution < 1.29 is 5.11 Å². The Balaban J connectivity index is 1.87. The first-order valence-corrected chi connectivity index (χ1v) is 8.32. The van der Waals surface area contributed by atoms with Crippen LogP contribution in [0.5, 0.6) is 0 Å². The van der Waals surface area contributed by atoms with E-state index in [4.69, 9.17) is 0 Å². The van der Waals surface area contributed by atoms with E-state index in [1.807, 2.05) is 84.9 Å². The van der Waals surface area contributed by atoms with Gasteiger partial charge in [-0.1, -0.05) is 84.9 Å². The smallest absolute Gasteiger partial charge is 0.102 e. The Morgan fingerprint density at radius 2 is 1.12 bits per heavy atom. The summed E-state index contributed by atoms with van der Waals surface area (Å²) in [6, 6.07) is 30.0. The van der Waals surface area contributed by atoms with Crippen molar-refractivity contribution >= 4 is 21.5 Å². The van der Waals surface area contributed by atoms with Crippen molar-refractivity contribution in [1.82, 2.24) is 0 Å². The summed E-state index contributed by atoms with van der Waals surface area (Å²) in [5.41, 5.74) is 1.65. The monoisotopic (exact) mass is 323 g/mol. The molecule has 4 rings (SSSR count). The summed E-state index contributed by atoms with van der Waals surface area (Å²) in [5.74, 6) is -0.628. The Labute approximate surface area is 146 Å². The maximum absolute atomic E-state index is 11.1. The van der Waals surface area contributed by atoms with Gasteiger partial charge < -0.3 is 5.11 Å². The van der Waals surface area contributed by atoms with Crippen LogP contribution in [0, 0.1) is 11.3 Å². The molecule has 120 valence electrons. The summed E-state index contributed by atoms with van der Waals surface area (Å²) in [4.78, 5) is 0. The van der Waals surface area contributed by atoms with Gasteiger partial charge in [0.2, 0.25) is 0 Å². The standard InChI is InChI=1S/C23H17NO/c24-15-22(20-13-5-9-16-7-1-3-11-18(16)20)23(25)21-14-6-10-17-8-2-4-12-19(17)21/h1-14,22-23,25H/t22-,23+/m1/s1. The summed E-state index contributed by atoms with van der Waals surface area (Å²) in [6.45, 7) is 0. The molecule has 4 aromatic rings. The first kappa shape index (κ1) is 15.4. The fraction of sp³-hybridized carbons (Fsp3) is 0.0870. The Morgan fingerprint density at radius 3 is 1.72 bits per heavy atom. The number of aliphatic hydroxyl groups is 1. The molecule has 1 N–H and O–H groups in total. The first-order valence-electron chi connectivity index (χ1n) is 8.32. The minimum Gasteiger partial charge on any atom is -0.387 e. The van der Waals surface area contributed by atoms with Crippen molar-refractivity contribution in [2.45, 2.75) is 12.0 Å². The average Bonchev–Trinajstić information content (AvgIpc) is 2.68. The number of rotatable bonds is 3. The molecule has 0 saturated carbocycles. The molecule has 0 saturated heterocycles. The van der Waals surface area contributed by atoms with Crippen LogP contribution in [0.15, 0.2) is 84.9 Å². The van der Waals surface area contributed by atoms with E-state index in [1.54, 1.807) is 0 Å². The molecule has 0 aromatic heterocycles. The number of nitriles is 1. The van der Waals surface area contributed by atoms with Gasteiger partial charge in [-0.2, -0.15) is 5.26 Å². The molecule has 0 radical (unpaired) electrons. The van der Waals surface area contributed by atoms with Crippen molar-refractivity contribution in [1.29, 1.82) is 5.26 Å². The molecule has 2 heteroatoms. The zero-order chi connectivity index (χ0) is 17.2. The van der Waals surface area contributed by atoms with E-state index in [0.717, 1.165) is 32.7 Å². The Morgan fingerprint density at radius 1 is 0.640 bits per heavy atom. The molecule has 25 heavy (non-hydrogen) atoms. The molecule has 0 fully saturated rings. The number of nitrogens with zero attached hydrogens (tertiary/aromatic N) is 1. The quantitative estimate of drug-likeness (QED) is 0.553. The molecule has 0 bridgehead atoms. The number of hydrogen-bond acceptors (Lipinski definition) is 2. The lowest BCUT2D eigenvalue weighted by molar-refractivity contribution is 0.166. The molecule has 0 spiro atoms. The summed E-state index contributed by atoms with van der Waals surface area (Å²) < 4.78 is 0. The summed E-state index contributed by atoms with van der Waals surface area (Å²) in [7, 11) is 0. The molecular formula is C23H17NO. The summed E-state index contributed by atoms with van der Waals surface area (Å²) >= 11 is 0. The van der Waals surface area contributed by atoms with Gasteiger partial charge in [0.25, 0.3) is 0 Å². The van der Waals surface area contributed by atoms with Crippen LogP contribution < -0.4 is 0 Å². The van der Waals surface area contributed by atoms with Gasteiger partial charge in [-0.25, -0.2) is 0 Å². The highest BCUT2D eigenvalue weighted by atomic mass is 16.3. The highest BCUT2D eigenvalue weighted by Crippen LogP contribution is 2.37. The SMILES string of the molecule is N#C[C@H](c1cccc2ccccc12)[C@@H](O)c1cccc2ccccc12. The highest BCUT2D eigenvalue weighted by molar-refractivity contribution is 5.88. The molecule has 0 unspecified atom stereocenters. The topological polar surface area (TPSA) is 44.0 Å². The number of benzene rings is 4. The Hall–Kier alpha value is -3.15. The summed E-state index contributed by atoms with van der Waals surface area (Å²) in [5, 5.41) is 25.0. The van der Waals surface area contributed by atoms with Gasteiger partial charge in [0.1, 0.15) is 5.92 Å². The molecule has 0 aliphatic carbocycles. The van der Waals surface area contributed by atoms with Crippen LogP contribution in [-0.2, 0) is 0 Å². The van der Waals surface area contributed by atoms with E-state index in [2.05, 4.69) is 6.07 Å². The van der Waals surface area contributed by atoms with Gasteiger partial charge in [0, 0.05) is 0 Å². The van der Waals surface area contributed by atoms with Crippen molar-refractivity contribution in [3.05, 3.63) is 96.1 Å². The largest absolute Gasteiger partial charge is 0.387 e. The third-order valence-corrected chi connectivity index (χ3v) is 4.76. The van der Waals surface area contributed by atoms with Crippen molar-refractivity contribution in [2.75, 3.05) is 0 Å². The van der Waals surface area contributed by atoms with Crippen molar-refractivity contribution in [3.63, 3.8) is 0 Å². The minimum atomic E-state index is -0.887. The van der Waals surface area contributed by atoms with E-state index in [1.165, 1.54) is 0 Å². The lowest BCUT2D eigenvalue weighted by Crippen LogP contribution is -2.10. The zero-order valence-corrected chi connectivity index (χ0v) is 13.6. The van der Waals surface area contributed by atoms with Gasteiger partial charge >= 0.3 is 0 Å². The molecule has 2 atom stereocenters. The van der Waals surface area contributed by atoms with Gasteiger partial charge in [-0.05, 0) is 32.7 Å². The molecular weight excluding hydrogens is 306 g/mol. The van der Waals surface area contributed by atoms with Gasteiger partial charge in [0.15, 0.2) is 0 Å². The lowest BCUT2D eigenvalue weighted by atomic mass is 9.85. The Kier molecular flexibility index (Phi) is 3.93. The molecule has 0 aliphatic heterocycles. The van der Waals surface area contributed by atoms with E-state index in [-0.39, 0.29) is 0 Å². The second-order valence-electron chi connectivity index (χ2n) is 6.19. The second-order valence-corrected chi connectivity index (χ2v) is 6.19. The van der Waals surface area contributed by atoms with Gasteiger partial charge in [-0.3, -0.25) is 0 Å². The molecule has 4 aromatic carbocycles. The van der Waals surface area contributed by atoms with Crippen molar-refractivity contribution in [3.8, 4) is 6.07 Å². The molecule has 0 heterocycles. The first-order chi connectivity index (χ1) is 12.3. The average molecular weight is 323 g/mol. The fourth-order valence-electron chi connectivity index (χ4n) is 3.52. The highest BCUT2D eigenvalue weighted by Gasteiger charge is 2.25. The lowest BCUT2D eigenvalue weighted by Gasteiger charge is -2.20. The van der Waals surface area contributed by atoms with E-state index >= 15 is 0 Å². The van der Waals surface area contributed by atoms with Crippen molar-refractivity contribution in [2.24, 2.45) is 0 Å². The minimum absolute atomic E-state index is 0.628. The fourth-order valence-corrected chi connectivity index (χ4v) is 3.52. The van der Waals surface area contributed by atoms with Crippen LogP contribution in [-0.4, -0.2) is 5.11 Å². The second kappa shape index (κ2) is 6.39. The predicted octanol–water partition coefficient (Wildman–Crippen LogP) is 5.33. The van der Waals surface area contributed by atoms with Gasteiger partial charge in [0.05, 0.1) is 12.2 Å². The van der Waals surface area contributed by atoms with Gasteiger partial charge in [-0.15, -0.1) is 0 Å². The summed E-state index contributed by atoms with van der Waals surface area (Å²) in [6.07, 6.45) is -0.887. The molecule has 2 nitrogen and oxygen atoms in total. The van der Waals surface area contributed by atoms with Crippen LogP contribution in [0.4, 0.5) is 0 Å². The predicted molar refractivity (Wildman–Crippen MR) is 101 cm³/mol. The third-order valence-electron chi connectivity index (χ3n) is 4.76. The maximum atomic E-state index is 11.1. The molecule has 0 aliphatic rings. The van der Waals surface area contributed by atoms with Crippen LogP contribution in [0.2, 0.25) is 0 Å². The van der Waals surface area contributed by atoms with Crippen LogP contribution in [0.3, 0.4) is 0 Å². The van der Waals surface area contributed by atoms with Crippen LogP contribution in [0.25, 0.3) is 21.5 Å². The maximum Gasteiger partial charge on any atom is 0.102 e.